The van der Waals surface area contributed by atoms with Crippen molar-refractivity contribution in [2.75, 3.05) is 19.3 Å². The number of hydrogen-bond donors (Lipinski definition) is 2. The summed E-state index contributed by atoms with van der Waals surface area (Å²) in [5.74, 6) is 0.773. The second kappa shape index (κ2) is 7.39. The van der Waals surface area contributed by atoms with Crippen LogP contribution >= 0.6 is 11.8 Å². The van der Waals surface area contributed by atoms with Crippen LogP contribution in [-0.2, 0) is 4.79 Å². The van der Waals surface area contributed by atoms with Crippen molar-refractivity contribution < 1.29 is 4.79 Å². The van der Waals surface area contributed by atoms with E-state index >= 15 is 0 Å². The first-order valence-electron chi connectivity index (χ1n) is 7.05. The summed E-state index contributed by atoms with van der Waals surface area (Å²) in [4.78, 5) is 11.9. The van der Waals surface area contributed by atoms with Crippen LogP contribution in [0.5, 0.6) is 0 Å². The van der Waals surface area contributed by atoms with Crippen LogP contribution in [0.15, 0.2) is 0 Å². The molecule has 2 N–H and O–H groups in total. The molecular weight excluding hydrogens is 244 g/mol. The van der Waals surface area contributed by atoms with Gasteiger partial charge in [0.1, 0.15) is 0 Å². The van der Waals surface area contributed by atoms with Crippen LogP contribution in [0.1, 0.15) is 46.5 Å². The van der Waals surface area contributed by atoms with Crippen LogP contribution < -0.4 is 10.6 Å². The van der Waals surface area contributed by atoms with Crippen molar-refractivity contribution in [3.63, 3.8) is 0 Å². The van der Waals surface area contributed by atoms with E-state index < -0.39 is 0 Å². The number of nitrogens with one attached hydrogen (secondary N) is 2. The molecule has 0 spiro atoms. The van der Waals surface area contributed by atoms with Gasteiger partial charge in [0, 0.05) is 17.8 Å². The summed E-state index contributed by atoms with van der Waals surface area (Å²) in [6, 6.07) is -0.0817. The van der Waals surface area contributed by atoms with Crippen LogP contribution in [0.4, 0.5) is 0 Å². The molecule has 0 aliphatic heterocycles. The van der Waals surface area contributed by atoms with Gasteiger partial charge in [0.05, 0.1) is 6.04 Å². The van der Waals surface area contributed by atoms with Crippen molar-refractivity contribution in [2.24, 2.45) is 5.92 Å². The predicted molar refractivity (Wildman–Crippen MR) is 80.0 cm³/mol. The van der Waals surface area contributed by atoms with Crippen LogP contribution in [0.2, 0.25) is 0 Å². The van der Waals surface area contributed by atoms with Gasteiger partial charge in [-0.1, -0.05) is 20.3 Å². The van der Waals surface area contributed by atoms with E-state index in [1.807, 2.05) is 18.7 Å². The summed E-state index contributed by atoms with van der Waals surface area (Å²) in [6.07, 6.45) is 7.12. The molecule has 1 atom stereocenters. The van der Waals surface area contributed by atoms with E-state index in [0.717, 1.165) is 19.5 Å². The minimum Gasteiger partial charge on any atom is -0.355 e. The van der Waals surface area contributed by atoms with Gasteiger partial charge in [-0.15, -0.1) is 0 Å². The van der Waals surface area contributed by atoms with E-state index in [0.29, 0.717) is 10.7 Å². The Balaban J connectivity index is 2.19. The maximum Gasteiger partial charge on any atom is 0.236 e. The predicted octanol–water partition coefficient (Wildman–Crippen LogP) is 2.41. The standard InChI is InChI=1S/C14H28N2OS/c1-11(2)6-9-15-13(17)12(3)16-10-14(18-4)7-5-8-14/h11-12,16H,5-10H2,1-4H3,(H,15,17). The van der Waals surface area contributed by atoms with Gasteiger partial charge in [0.15, 0.2) is 0 Å². The zero-order valence-corrected chi connectivity index (χ0v) is 13.0. The molecule has 1 rings (SSSR count). The first-order valence-corrected chi connectivity index (χ1v) is 8.28. The molecule has 0 aromatic heterocycles. The molecule has 4 heteroatoms. The largest absolute Gasteiger partial charge is 0.355 e. The highest BCUT2D eigenvalue weighted by Crippen LogP contribution is 2.42. The third kappa shape index (κ3) is 4.81. The number of carbonyl (C=O) groups is 1. The zero-order chi connectivity index (χ0) is 13.6. The summed E-state index contributed by atoms with van der Waals surface area (Å²) < 4.78 is 0.395. The fourth-order valence-corrected chi connectivity index (χ4v) is 3.02. The highest BCUT2D eigenvalue weighted by atomic mass is 32.2. The smallest absolute Gasteiger partial charge is 0.236 e. The lowest BCUT2D eigenvalue weighted by molar-refractivity contribution is -0.122. The maximum absolute atomic E-state index is 11.9. The Kier molecular flexibility index (Phi) is 6.50. The molecule has 106 valence electrons. The lowest BCUT2D eigenvalue weighted by atomic mass is 9.84. The average Bonchev–Trinajstić information content (AvgIpc) is 2.27. The molecule has 0 bridgehead atoms. The molecule has 1 amide bonds. The van der Waals surface area contributed by atoms with Crippen molar-refractivity contribution in [2.45, 2.75) is 57.2 Å². The second-order valence-corrected chi connectivity index (χ2v) is 7.09. The first kappa shape index (κ1) is 15.8. The van der Waals surface area contributed by atoms with E-state index in [1.165, 1.54) is 19.3 Å². The summed E-state index contributed by atoms with van der Waals surface area (Å²) >= 11 is 1.94. The Labute approximate surface area is 116 Å². The molecule has 18 heavy (non-hydrogen) atoms. The summed E-state index contributed by atoms with van der Waals surface area (Å²) in [5, 5.41) is 6.38. The monoisotopic (exact) mass is 272 g/mol. The average molecular weight is 272 g/mol. The number of carbonyl (C=O) groups excluding carboxylic acids is 1. The summed E-state index contributed by atoms with van der Waals surface area (Å²) in [7, 11) is 0. The quantitative estimate of drug-likeness (QED) is 0.713. The summed E-state index contributed by atoms with van der Waals surface area (Å²) in [6.45, 7) is 8.04. The van der Waals surface area contributed by atoms with Gasteiger partial charge in [-0.3, -0.25) is 4.79 Å². The topological polar surface area (TPSA) is 41.1 Å². The molecule has 0 aromatic rings. The molecule has 1 aliphatic rings. The third-order valence-corrected chi connectivity index (χ3v) is 5.26. The molecular formula is C14H28N2OS. The lowest BCUT2D eigenvalue weighted by Crippen LogP contribution is -2.50. The molecule has 1 aliphatic carbocycles. The number of amides is 1. The van der Waals surface area contributed by atoms with Gasteiger partial charge < -0.3 is 10.6 Å². The van der Waals surface area contributed by atoms with Gasteiger partial charge in [-0.05, 0) is 38.4 Å². The first-order chi connectivity index (χ1) is 8.49. The van der Waals surface area contributed by atoms with Crippen LogP contribution in [-0.4, -0.2) is 36.0 Å². The van der Waals surface area contributed by atoms with Crippen LogP contribution in [0.25, 0.3) is 0 Å². The van der Waals surface area contributed by atoms with Crippen molar-refractivity contribution in [1.82, 2.24) is 10.6 Å². The van der Waals surface area contributed by atoms with E-state index in [4.69, 9.17) is 0 Å². The van der Waals surface area contributed by atoms with E-state index in [-0.39, 0.29) is 11.9 Å². The Morgan fingerprint density at radius 3 is 2.44 bits per heavy atom. The third-order valence-electron chi connectivity index (χ3n) is 3.84. The Bertz CT molecular complexity index is 259. The van der Waals surface area contributed by atoms with Crippen molar-refractivity contribution in [1.29, 1.82) is 0 Å². The maximum atomic E-state index is 11.9. The zero-order valence-electron chi connectivity index (χ0n) is 12.2. The second-order valence-electron chi connectivity index (χ2n) is 5.82. The SMILES string of the molecule is CSC1(CNC(C)C(=O)NCCC(C)C)CCC1. The highest BCUT2D eigenvalue weighted by molar-refractivity contribution is 8.00. The van der Waals surface area contributed by atoms with Crippen molar-refractivity contribution in [3.05, 3.63) is 0 Å². The van der Waals surface area contributed by atoms with E-state index in [2.05, 4.69) is 30.7 Å². The van der Waals surface area contributed by atoms with Crippen LogP contribution in [0, 0.1) is 5.92 Å². The minimum atomic E-state index is -0.0817. The number of hydrogen-bond acceptors (Lipinski definition) is 3. The fourth-order valence-electron chi connectivity index (χ4n) is 2.09. The normalized spacial score (nSPS) is 19.4. The lowest BCUT2D eigenvalue weighted by Gasteiger charge is -2.41. The van der Waals surface area contributed by atoms with Gasteiger partial charge in [-0.2, -0.15) is 11.8 Å². The molecule has 1 fully saturated rings. The van der Waals surface area contributed by atoms with Gasteiger partial charge in [0.25, 0.3) is 0 Å². The number of thioether (sulfide) groups is 1. The van der Waals surface area contributed by atoms with Crippen LogP contribution in [0.3, 0.4) is 0 Å². The minimum absolute atomic E-state index is 0.0817. The molecule has 1 saturated carbocycles. The van der Waals surface area contributed by atoms with Gasteiger partial charge in [0.2, 0.25) is 5.91 Å². The molecule has 0 aromatic carbocycles. The summed E-state index contributed by atoms with van der Waals surface area (Å²) in [5.41, 5.74) is 0. The highest BCUT2D eigenvalue weighted by Gasteiger charge is 2.36. The van der Waals surface area contributed by atoms with Gasteiger partial charge >= 0.3 is 0 Å². The van der Waals surface area contributed by atoms with Crippen molar-refractivity contribution in [3.8, 4) is 0 Å². The van der Waals surface area contributed by atoms with Crippen molar-refractivity contribution >= 4 is 17.7 Å². The molecule has 0 heterocycles. The molecule has 0 radical (unpaired) electrons. The van der Waals surface area contributed by atoms with E-state index in [9.17, 15) is 4.79 Å². The Morgan fingerprint density at radius 2 is 2.00 bits per heavy atom. The van der Waals surface area contributed by atoms with E-state index in [1.54, 1.807) is 0 Å². The Hall–Kier alpha value is -0.220. The Morgan fingerprint density at radius 1 is 1.33 bits per heavy atom. The number of rotatable bonds is 8. The molecule has 3 nitrogen and oxygen atoms in total. The molecule has 0 saturated heterocycles. The molecule has 1 unspecified atom stereocenters. The fraction of sp³-hybridized carbons (Fsp3) is 0.929. The van der Waals surface area contributed by atoms with Gasteiger partial charge in [-0.25, -0.2) is 0 Å².